The molecule has 2 aliphatic rings. The van der Waals surface area contributed by atoms with Gasteiger partial charge in [-0.2, -0.15) is 11.8 Å². The molecule has 0 saturated carbocycles. The van der Waals surface area contributed by atoms with Gasteiger partial charge in [0.25, 0.3) is 0 Å². The zero-order valence-electron chi connectivity index (χ0n) is 15.5. The van der Waals surface area contributed by atoms with Crippen molar-refractivity contribution in [2.24, 2.45) is 11.8 Å². The molecule has 1 N–H and O–H groups in total. The summed E-state index contributed by atoms with van der Waals surface area (Å²) >= 11 is 1.55. The molecule has 6 nitrogen and oxygen atoms in total. The zero-order chi connectivity index (χ0) is 19.8. The summed E-state index contributed by atoms with van der Waals surface area (Å²) in [7, 11) is 1.44. The predicted molar refractivity (Wildman–Crippen MR) is 99.4 cm³/mol. The van der Waals surface area contributed by atoms with E-state index in [1.54, 1.807) is 30.8 Å². The topological polar surface area (TPSA) is 75.7 Å². The fraction of sp³-hybridized carbons (Fsp3) is 0.526. The van der Waals surface area contributed by atoms with Crippen molar-refractivity contribution in [3.8, 4) is 0 Å². The molecular formula is C19H23FN2O4S. The number of carbonyl (C=O) groups is 3. The van der Waals surface area contributed by atoms with Crippen LogP contribution >= 0.6 is 11.8 Å². The standard InChI is InChI=1S/C19H23FN2O4S/c1-4-26-18(25)19(9-10-27-3)14-13(16(23)22(2)17(14)24)15(21-19)11-5-7-12(20)8-6-11/h5-8,13-15,21H,4,9-10H2,1-3H3. The number of fused-ring (bicyclic) bond motifs is 1. The van der Waals surface area contributed by atoms with Gasteiger partial charge in [0.1, 0.15) is 11.4 Å². The first kappa shape index (κ1) is 19.8. The van der Waals surface area contributed by atoms with Crippen LogP contribution in [-0.2, 0) is 19.1 Å². The summed E-state index contributed by atoms with van der Waals surface area (Å²) in [4.78, 5) is 39.8. The van der Waals surface area contributed by atoms with Gasteiger partial charge in [0.05, 0.1) is 18.4 Å². The molecule has 2 aliphatic heterocycles. The van der Waals surface area contributed by atoms with Gasteiger partial charge in [0.15, 0.2) is 0 Å². The summed E-state index contributed by atoms with van der Waals surface area (Å²) in [6, 6.07) is 5.21. The van der Waals surface area contributed by atoms with Crippen LogP contribution in [0, 0.1) is 17.7 Å². The third-order valence-corrected chi connectivity index (χ3v) is 6.06. The molecule has 0 aliphatic carbocycles. The lowest BCUT2D eigenvalue weighted by Crippen LogP contribution is -2.56. The van der Waals surface area contributed by atoms with Crippen molar-refractivity contribution in [3.63, 3.8) is 0 Å². The van der Waals surface area contributed by atoms with Gasteiger partial charge in [-0.1, -0.05) is 12.1 Å². The van der Waals surface area contributed by atoms with E-state index in [4.69, 9.17) is 4.74 Å². The number of likely N-dealkylation sites (tertiary alicyclic amines) is 1. The lowest BCUT2D eigenvalue weighted by Gasteiger charge is -2.32. The molecule has 146 valence electrons. The molecule has 0 radical (unpaired) electrons. The van der Waals surface area contributed by atoms with E-state index in [1.807, 2.05) is 6.26 Å². The van der Waals surface area contributed by atoms with Gasteiger partial charge in [-0.3, -0.25) is 24.6 Å². The molecule has 1 aromatic rings. The van der Waals surface area contributed by atoms with Crippen molar-refractivity contribution in [1.82, 2.24) is 10.2 Å². The summed E-state index contributed by atoms with van der Waals surface area (Å²) in [5.41, 5.74) is -0.613. The number of esters is 1. The van der Waals surface area contributed by atoms with Crippen molar-refractivity contribution in [2.75, 3.05) is 25.7 Å². The molecule has 27 heavy (non-hydrogen) atoms. The van der Waals surface area contributed by atoms with Crippen molar-refractivity contribution in [1.29, 1.82) is 0 Å². The van der Waals surface area contributed by atoms with Gasteiger partial charge in [-0.15, -0.1) is 0 Å². The number of benzene rings is 1. The second-order valence-corrected chi connectivity index (χ2v) is 7.83. The molecule has 3 rings (SSSR count). The number of halogens is 1. The second-order valence-electron chi connectivity index (χ2n) is 6.85. The number of imide groups is 1. The molecule has 8 heteroatoms. The minimum atomic E-state index is -1.28. The van der Waals surface area contributed by atoms with E-state index in [0.29, 0.717) is 17.7 Å². The molecule has 0 aromatic heterocycles. The Bertz CT molecular complexity index is 757. The molecule has 2 amide bonds. The van der Waals surface area contributed by atoms with Gasteiger partial charge in [-0.25, -0.2) is 4.39 Å². The van der Waals surface area contributed by atoms with Crippen LogP contribution in [0.15, 0.2) is 24.3 Å². The van der Waals surface area contributed by atoms with Crippen LogP contribution in [-0.4, -0.2) is 53.9 Å². The molecule has 4 unspecified atom stereocenters. The summed E-state index contributed by atoms with van der Waals surface area (Å²) in [6.07, 6.45) is 2.27. The Labute approximate surface area is 161 Å². The number of ether oxygens (including phenoxy) is 1. The number of amides is 2. The Morgan fingerprint density at radius 3 is 2.56 bits per heavy atom. The maximum Gasteiger partial charge on any atom is 0.327 e. The SMILES string of the molecule is CCOC(=O)C1(CCSC)NC(c2ccc(F)cc2)C2C(=O)N(C)C(=O)C21. The Kier molecular flexibility index (Phi) is 5.58. The Morgan fingerprint density at radius 1 is 1.30 bits per heavy atom. The first-order valence-electron chi connectivity index (χ1n) is 8.88. The zero-order valence-corrected chi connectivity index (χ0v) is 16.3. The maximum absolute atomic E-state index is 13.4. The number of rotatable bonds is 6. The van der Waals surface area contributed by atoms with Crippen LogP contribution in [0.3, 0.4) is 0 Å². The van der Waals surface area contributed by atoms with Crippen LogP contribution in [0.1, 0.15) is 24.9 Å². The molecule has 1 aromatic carbocycles. The van der Waals surface area contributed by atoms with E-state index in [-0.39, 0.29) is 18.4 Å². The van der Waals surface area contributed by atoms with Crippen molar-refractivity contribution in [2.45, 2.75) is 24.9 Å². The number of nitrogens with one attached hydrogen (secondary N) is 1. The second kappa shape index (κ2) is 7.59. The van der Waals surface area contributed by atoms with E-state index in [9.17, 15) is 18.8 Å². The van der Waals surface area contributed by atoms with Gasteiger partial charge in [0, 0.05) is 13.1 Å². The van der Waals surface area contributed by atoms with E-state index < -0.39 is 35.2 Å². The molecule has 4 atom stereocenters. The van der Waals surface area contributed by atoms with Gasteiger partial charge < -0.3 is 4.74 Å². The number of hydrogen-bond acceptors (Lipinski definition) is 6. The fourth-order valence-corrected chi connectivity index (χ4v) is 4.67. The Balaban J connectivity index is 2.10. The number of carbonyl (C=O) groups excluding carboxylic acids is 3. The summed E-state index contributed by atoms with van der Waals surface area (Å²) in [6.45, 7) is 1.88. The summed E-state index contributed by atoms with van der Waals surface area (Å²) < 4.78 is 18.7. The van der Waals surface area contributed by atoms with E-state index in [0.717, 1.165) is 4.90 Å². The maximum atomic E-state index is 13.4. The van der Waals surface area contributed by atoms with E-state index in [2.05, 4.69) is 5.32 Å². The summed E-state index contributed by atoms with van der Waals surface area (Å²) in [5, 5.41) is 3.26. The minimum absolute atomic E-state index is 0.179. The highest BCUT2D eigenvalue weighted by Crippen LogP contribution is 2.50. The quantitative estimate of drug-likeness (QED) is 0.585. The average molecular weight is 394 g/mol. The van der Waals surface area contributed by atoms with Crippen molar-refractivity contribution in [3.05, 3.63) is 35.6 Å². The minimum Gasteiger partial charge on any atom is -0.465 e. The first-order chi connectivity index (χ1) is 12.9. The third-order valence-electron chi connectivity index (χ3n) is 5.44. The lowest BCUT2D eigenvalue weighted by molar-refractivity contribution is -0.156. The van der Waals surface area contributed by atoms with Gasteiger partial charge in [0.2, 0.25) is 11.8 Å². The summed E-state index contributed by atoms with van der Waals surface area (Å²) in [5.74, 6) is -2.56. The monoisotopic (exact) mass is 394 g/mol. The molecule has 0 spiro atoms. The van der Waals surface area contributed by atoms with E-state index in [1.165, 1.54) is 19.2 Å². The van der Waals surface area contributed by atoms with Gasteiger partial charge in [-0.05, 0) is 43.0 Å². The van der Waals surface area contributed by atoms with Crippen LogP contribution in [0.25, 0.3) is 0 Å². The smallest absolute Gasteiger partial charge is 0.327 e. The van der Waals surface area contributed by atoms with Crippen molar-refractivity contribution < 1.29 is 23.5 Å². The van der Waals surface area contributed by atoms with Crippen molar-refractivity contribution >= 4 is 29.5 Å². The molecular weight excluding hydrogens is 371 g/mol. The molecule has 2 saturated heterocycles. The number of thioether (sulfide) groups is 1. The number of hydrogen-bond donors (Lipinski definition) is 1. The molecule has 0 bridgehead atoms. The van der Waals surface area contributed by atoms with Crippen LogP contribution in [0.5, 0.6) is 0 Å². The Hall–Kier alpha value is -1.93. The van der Waals surface area contributed by atoms with Crippen LogP contribution < -0.4 is 5.32 Å². The third kappa shape index (κ3) is 3.14. The Morgan fingerprint density at radius 2 is 1.96 bits per heavy atom. The van der Waals surface area contributed by atoms with E-state index >= 15 is 0 Å². The highest BCUT2D eigenvalue weighted by Gasteiger charge is 2.67. The lowest BCUT2D eigenvalue weighted by atomic mass is 9.78. The van der Waals surface area contributed by atoms with Gasteiger partial charge >= 0.3 is 5.97 Å². The van der Waals surface area contributed by atoms with Crippen LogP contribution in [0.4, 0.5) is 4.39 Å². The highest BCUT2D eigenvalue weighted by atomic mass is 32.2. The fourth-order valence-electron chi connectivity index (χ4n) is 4.15. The largest absolute Gasteiger partial charge is 0.465 e. The average Bonchev–Trinajstić information content (AvgIpc) is 3.11. The van der Waals surface area contributed by atoms with Crippen LogP contribution in [0.2, 0.25) is 0 Å². The number of nitrogens with zero attached hydrogens (tertiary/aromatic N) is 1. The molecule has 2 fully saturated rings. The normalized spacial score (nSPS) is 29.9. The molecule has 2 heterocycles. The predicted octanol–water partition coefficient (Wildman–Crippen LogP) is 1.76. The first-order valence-corrected chi connectivity index (χ1v) is 10.3. The highest BCUT2D eigenvalue weighted by molar-refractivity contribution is 7.98.